The molecule has 1 heterocycles. The topological polar surface area (TPSA) is 42.4 Å². The summed E-state index contributed by atoms with van der Waals surface area (Å²) < 4.78 is 42.7. The van der Waals surface area contributed by atoms with Gasteiger partial charge in [0.15, 0.2) is 17.0 Å². The second kappa shape index (κ2) is 6.27. The minimum atomic E-state index is -4.79. The maximum absolute atomic E-state index is 12.4. The Morgan fingerprint density at radius 3 is 2.63 bits per heavy atom. The van der Waals surface area contributed by atoms with Gasteiger partial charge in [0.25, 0.3) is 0 Å². The van der Waals surface area contributed by atoms with Crippen LogP contribution in [0.2, 0.25) is 5.15 Å². The first-order valence-electron chi connectivity index (χ1n) is 5.00. The quantitative estimate of drug-likeness (QED) is 0.468. The molecule has 0 amide bonds. The van der Waals surface area contributed by atoms with E-state index in [0.717, 1.165) is 11.6 Å². The fourth-order valence-electron chi connectivity index (χ4n) is 1.12. The van der Waals surface area contributed by atoms with E-state index in [0.29, 0.717) is 3.57 Å². The molecular formula is C11H10ClF3INO2. The van der Waals surface area contributed by atoms with Gasteiger partial charge in [-0.2, -0.15) is 13.2 Å². The molecule has 1 rings (SSSR count). The molecular weight excluding hydrogens is 397 g/mol. The summed E-state index contributed by atoms with van der Waals surface area (Å²) in [4.78, 5) is 3.51. The third-order valence-electron chi connectivity index (χ3n) is 1.96. The van der Waals surface area contributed by atoms with Gasteiger partial charge in [-0.1, -0.05) is 18.2 Å². The largest absolute Gasteiger partial charge is 0.485 e. The Labute approximate surface area is 126 Å². The van der Waals surface area contributed by atoms with Gasteiger partial charge in [0, 0.05) is 0 Å². The summed E-state index contributed by atoms with van der Waals surface area (Å²) in [5, 5.41) is 8.88. The van der Waals surface area contributed by atoms with Crippen LogP contribution in [0.25, 0.3) is 0 Å². The summed E-state index contributed by atoms with van der Waals surface area (Å²) in [7, 11) is 0. The average molecular weight is 408 g/mol. The molecule has 0 aromatic carbocycles. The molecule has 1 N–H and O–H groups in total. The van der Waals surface area contributed by atoms with Crippen molar-refractivity contribution in [1.29, 1.82) is 0 Å². The van der Waals surface area contributed by atoms with E-state index in [2.05, 4.69) is 11.6 Å². The molecule has 0 bridgehead atoms. The van der Waals surface area contributed by atoms with Crippen LogP contribution in [0.3, 0.4) is 0 Å². The van der Waals surface area contributed by atoms with E-state index in [1.807, 2.05) is 0 Å². The number of aliphatic hydroxyl groups is 1. The summed E-state index contributed by atoms with van der Waals surface area (Å²) in [5.74, 6) is 0.170. The van der Waals surface area contributed by atoms with Crippen LogP contribution in [0.1, 0.15) is 18.7 Å². The number of pyridine rings is 1. The highest BCUT2D eigenvalue weighted by Crippen LogP contribution is 2.36. The van der Waals surface area contributed by atoms with Gasteiger partial charge in [-0.25, -0.2) is 4.98 Å². The fraction of sp³-hybridized carbons (Fsp3) is 0.364. The lowest BCUT2D eigenvalue weighted by Gasteiger charge is -2.16. The van der Waals surface area contributed by atoms with Crippen molar-refractivity contribution in [3.8, 4) is 5.75 Å². The molecule has 1 aromatic heterocycles. The number of hydrogen-bond acceptors (Lipinski definition) is 3. The molecule has 19 heavy (non-hydrogen) atoms. The van der Waals surface area contributed by atoms with E-state index in [-0.39, 0.29) is 17.5 Å². The molecule has 0 aliphatic rings. The molecule has 1 unspecified atom stereocenters. The standard InChI is InChI=1S/C11H10ClF3INO2/c1-5(2)4-19-8-6(16)3-7(17-10(8)12)9(18)11(13,14)15/h3,9,18H,1,4H2,2H3. The molecule has 0 fully saturated rings. The van der Waals surface area contributed by atoms with Crippen molar-refractivity contribution in [3.05, 3.63) is 32.6 Å². The lowest BCUT2D eigenvalue weighted by atomic mass is 10.2. The zero-order valence-electron chi connectivity index (χ0n) is 9.76. The van der Waals surface area contributed by atoms with Crippen LogP contribution in [-0.4, -0.2) is 22.9 Å². The van der Waals surface area contributed by atoms with Crippen LogP contribution in [0.4, 0.5) is 13.2 Å². The predicted octanol–water partition coefficient (Wildman–Crippen LogP) is 3.89. The molecule has 8 heteroatoms. The number of aromatic nitrogens is 1. The smallest absolute Gasteiger partial charge is 0.420 e. The Bertz CT molecular complexity index is 470. The van der Waals surface area contributed by atoms with Crippen LogP contribution in [0.15, 0.2) is 18.2 Å². The van der Waals surface area contributed by atoms with E-state index in [9.17, 15) is 13.2 Å². The molecule has 0 saturated heterocycles. The van der Waals surface area contributed by atoms with Gasteiger partial charge < -0.3 is 9.84 Å². The zero-order chi connectivity index (χ0) is 14.8. The molecule has 3 nitrogen and oxygen atoms in total. The van der Waals surface area contributed by atoms with Gasteiger partial charge in [-0.3, -0.25) is 0 Å². The average Bonchev–Trinajstić information content (AvgIpc) is 2.24. The SMILES string of the molecule is C=C(C)COc1c(I)cc(C(O)C(F)(F)F)nc1Cl. The van der Waals surface area contributed by atoms with Gasteiger partial charge >= 0.3 is 6.18 Å². The Morgan fingerprint density at radius 2 is 2.21 bits per heavy atom. The minimum absolute atomic E-state index is 0.170. The van der Waals surface area contributed by atoms with Crippen molar-refractivity contribution in [2.24, 2.45) is 0 Å². The summed E-state index contributed by atoms with van der Waals surface area (Å²) in [6.45, 7) is 5.54. The zero-order valence-corrected chi connectivity index (χ0v) is 12.7. The van der Waals surface area contributed by atoms with Crippen LogP contribution in [-0.2, 0) is 0 Å². The first-order valence-corrected chi connectivity index (χ1v) is 6.46. The van der Waals surface area contributed by atoms with E-state index in [1.165, 1.54) is 0 Å². The normalized spacial score (nSPS) is 13.2. The third-order valence-corrected chi connectivity index (χ3v) is 3.02. The number of aliphatic hydroxyl groups excluding tert-OH is 1. The van der Waals surface area contributed by atoms with E-state index < -0.39 is 18.0 Å². The van der Waals surface area contributed by atoms with E-state index >= 15 is 0 Å². The first kappa shape index (κ1) is 16.5. The maximum atomic E-state index is 12.4. The molecule has 0 spiro atoms. The maximum Gasteiger partial charge on any atom is 0.420 e. The van der Waals surface area contributed by atoms with Crippen LogP contribution in [0, 0.1) is 3.57 Å². The number of halogens is 5. The van der Waals surface area contributed by atoms with E-state index in [4.69, 9.17) is 21.4 Å². The predicted molar refractivity (Wildman–Crippen MR) is 73.3 cm³/mol. The fourth-order valence-corrected chi connectivity index (χ4v) is 2.27. The van der Waals surface area contributed by atoms with Gasteiger partial charge in [-0.05, 0) is 41.2 Å². The highest BCUT2D eigenvalue weighted by Gasteiger charge is 2.41. The Morgan fingerprint density at radius 1 is 1.63 bits per heavy atom. The molecule has 0 aliphatic carbocycles. The molecule has 1 aromatic rings. The number of nitrogens with zero attached hydrogens (tertiary/aromatic N) is 1. The van der Waals surface area contributed by atoms with Crippen LogP contribution >= 0.6 is 34.2 Å². The Balaban J connectivity index is 3.06. The van der Waals surface area contributed by atoms with Crippen molar-refractivity contribution >= 4 is 34.2 Å². The summed E-state index contributed by atoms with van der Waals surface area (Å²) in [5.41, 5.74) is 0.163. The molecule has 0 radical (unpaired) electrons. The molecule has 0 aliphatic heterocycles. The number of rotatable bonds is 4. The van der Waals surface area contributed by atoms with Gasteiger partial charge in [0.1, 0.15) is 6.61 Å². The summed E-state index contributed by atoms with van der Waals surface area (Å²) in [6.07, 6.45) is -7.46. The van der Waals surface area contributed by atoms with Crippen molar-refractivity contribution in [3.63, 3.8) is 0 Å². The lowest BCUT2D eigenvalue weighted by Crippen LogP contribution is -2.21. The molecule has 1 atom stereocenters. The minimum Gasteiger partial charge on any atom is -0.485 e. The monoisotopic (exact) mass is 407 g/mol. The van der Waals surface area contributed by atoms with Crippen LogP contribution < -0.4 is 4.74 Å². The highest BCUT2D eigenvalue weighted by atomic mass is 127. The van der Waals surface area contributed by atoms with Gasteiger partial charge in [0.05, 0.1) is 9.26 Å². The highest BCUT2D eigenvalue weighted by molar-refractivity contribution is 14.1. The Kier molecular flexibility index (Phi) is 5.45. The van der Waals surface area contributed by atoms with Gasteiger partial charge in [0.2, 0.25) is 0 Å². The summed E-state index contributed by atoms with van der Waals surface area (Å²) >= 11 is 7.53. The second-order valence-corrected chi connectivity index (χ2v) is 5.36. The lowest BCUT2D eigenvalue weighted by molar-refractivity contribution is -0.208. The van der Waals surface area contributed by atoms with Crippen molar-refractivity contribution in [2.45, 2.75) is 19.2 Å². The molecule has 0 saturated carbocycles. The van der Waals surface area contributed by atoms with Crippen molar-refractivity contribution < 1.29 is 23.0 Å². The van der Waals surface area contributed by atoms with E-state index in [1.54, 1.807) is 29.5 Å². The summed E-state index contributed by atoms with van der Waals surface area (Å²) in [6, 6.07) is 1.08. The number of alkyl halides is 3. The first-order chi connectivity index (χ1) is 8.62. The molecule has 106 valence electrons. The van der Waals surface area contributed by atoms with Crippen LogP contribution in [0.5, 0.6) is 5.75 Å². The third kappa shape index (κ3) is 4.50. The second-order valence-electron chi connectivity index (χ2n) is 3.84. The van der Waals surface area contributed by atoms with Crippen molar-refractivity contribution in [1.82, 2.24) is 4.98 Å². The Hall–Kier alpha value is -0.540. The van der Waals surface area contributed by atoms with Crippen molar-refractivity contribution in [2.75, 3.05) is 6.61 Å². The van der Waals surface area contributed by atoms with Gasteiger partial charge in [-0.15, -0.1) is 0 Å². The number of hydrogen-bond donors (Lipinski definition) is 1. The number of ether oxygens (including phenoxy) is 1.